The Morgan fingerprint density at radius 1 is 1.34 bits per heavy atom. The lowest BCUT2D eigenvalue weighted by Crippen LogP contribution is -2.35. The Balaban J connectivity index is 1.40. The van der Waals surface area contributed by atoms with Crippen molar-refractivity contribution in [1.29, 1.82) is 0 Å². The lowest BCUT2D eigenvalue weighted by Gasteiger charge is -2.24. The van der Waals surface area contributed by atoms with E-state index in [-0.39, 0.29) is 11.3 Å². The fourth-order valence-electron chi connectivity index (χ4n) is 5.30. The van der Waals surface area contributed by atoms with E-state index in [1.165, 1.54) is 0 Å². The first-order valence-corrected chi connectivity index (χ1v) is 11.3. The number of rotatable bonds is 6. The summed E-state index contributed by atoms with van der Waals surface area (Å²) in [6, 6.07) is 7.62. The molecule has 1 saturated heterocycles. The number of aromatic nitrogens is 4. The van der Waals surface area contributed by atoms with Crippen LogP contribution in [0.2, 0.25) is 0 Å². The topological polar surface area (TPSA) is 97.1 Å². The van der Waals surface area contributed by atoms with Crippen LogP contribution in [0, 0.1) is 11.8 Å². The number of carbonyl (C=O) groups excluding carboxylic acids is 1. The number of methoxy groups -OCH3 is 1. The number of benzene rings is 1. The molecule has 2 atom stereocenters. The van der Waals surface area contributed by atoms with Gasteiger partial charge in [0.1, 0.15) is 5.75 Å². The van der Waals surface area contributed by atoms with Crippen LogP contribution in [0.3, 0.4) is 0 Å². The predicted octanol–water partition coefficient (Wildman–Crippen LogP) is 3.86. The Morgan fingerprint density at radius 2 is 2.16 bits per heavy atom. The normalized spacial score (nSPS) is 22.5. The van der Waals surface area contributed by atoms with Gasteiger partial charge in [-0.05, 0) is 48.9 Å². The number of H-pyrrole nitrogens is 1. The molecule has 3 aromatic rings. The lowest BCUT2D eigenvalue weighted by atomic mass is 9.80. The Kier molecular flexibility index (Phi) is 5.23. The molecule has 1 aliphatic heterocycles. The average molecular weight is 436 g/mol. The van der Waals surface area contributed by atoms with Crippen molar-refractivity contribution in [2.45, 2.75) is 44.9 Å². The minimum atomic E-state index is -0.210. The molecule has 1 aliphatic carbocycles. The van der Waals surface area contributed by atoms with Gasteiger partial charge in [0, 0.05) is 25.1 Å². The highest BCUT2D eigenvalue weighted by atomic mass is 16.5. The monoisotopic (exact) mass is 435 g/mol. The Hall–Kier alpha value is -3.16. The van der Waals surface area contributed by atoms with Crippen molar-refractivity contribution in [3.05, 3.63) is 47.7 Å². The number of hydrogen-bond donors (Lipinski definition) is 1. The van der Waals surface area contributed by atoms with Gasteiger partial charge in [-0.15, -0.1) is 0 Å². The van der Waals surface area contributed by atoms with E-state index in [2.05, 4.69) is 29.2 Å². The zero-order valence-electron chi connectivity index (χ0n) is 18.8. The molecule has 2 aliphatic rings. The predicted molar refractivity (Wildman–Crippen MR) is 118 cm³/mol. The highest BCUT2D eigenvalue weighted by Crippen LogP contribution is 2.50. The third-order valence-corrected chi connectivity index (χ3v) is 6.90. The summed E-state index contributed by atoms with van der Waals surface area (Å²) in [7, 11) is 1.63. The average Bonchev–Trinajstić information content (AvgIpc) is 3.55. The molecule has 8 nitrogen and oxygen atoms in total. The van der Waals surface area contributed by atoms with Crippen molar-refractivity contribution in [1.82, 2.24) is 25.2 Å². The van der Waals surface area contributed by atoms with Gasteiger partial charge in [0.15, 0.2) is 5.82 Å². The van der Waals surface area contributed by atoms with Gasteiger partial charge in [-0.1, -0.05) is 25.4 Å². The van der Waals surface area contributed by atoms with Gasteiger partial charge >= 0.3 is 0 Å². The number of carbonyl (C=O) groups is 1. The first-order chi connectivity index (χ1) is 15.5. The van der Waals surface area contributed by atoms with Crippen LogP contribution in [-0.2, 0) is 11.8 Å². The molecule has 0 unspecified atom stereocenters. The fourth-order valence-corrected chi connectivity index (χ4v) is 5.30. The third-order valence-electron chi connectivity index (χ3n) is 6.90. The molecule has 0 bridgehead atoms. The van der Waals surface area contributed by atoms with Gasteiger partial charge in [-0.3, -0.25) is 9.89 Å². The summed E-state index contributed by atoms with van der Waals surface area (Å²) in [5, 5.41) is 11.5. The van der Waals surface area contributed by atoms with Gasteiger partial charge in [-0.2, -0.15) is 10.1 Å². The molecule has 1 saturated carbocycles. The maximum absolute atomic E-state index is 13.6. The van der Waals surface area contributed by atoms with Gasteiger partial charge in [0.05, 0.1) is 30.0 Å². The second-order valence-corrected chi connectivity index (χ2v) is 9.43. The number of aromatic amines is 1. The van der Waals surface area contributed by atoms with Crippen LogP contribution in [0.15, 0.2) is 35.0 Å². The standard InChI is InChI=1S/C24H29N5O3/c1-15(2)11-20-26-23(28-32-20)24-10-4-5-17(24)13-29(14-24)22(30)19-12-25-27-21(19)16-6-8-18(31-3)9-7-16/h6-9,12,15,17H,4-5,10-11,13-14H2,1-3H3,(H,25,27)/t17-,24-/m1/s1. The molecule has 5 rings (SSSR count). The number of nitrogens with one attached hydrogen (secondary N) is 1. The zero-order valence-corrected chi connectivity index (χ0v) is 18.8. The number of likely N-dealkylation sites (tertiary alicyclic amines) is 1. The van der Waals surface area contributed by atoms with Crippen molar-refractivity contribution < 1.29 is 14.1 Å². The van der Waals surface area contributed by atoms with E-state index in [0.717, 1.165) is 48.5 Å². The van der Waals surface area contributed by atoms with Crippen molar-refractivity contribution >= 4 is 5.91 Å². The summed E-state index contributed by atoms with van der Waals surface area (Å²) >= 11 is 0. The van der Waals surface area contributed by atoms with Gasteiger partial charge in [-0.25, -0.2) is 0 Å². The SMILES string of the molecule is COc1ccc(-c2[nH]ncc2C(=O)N2C[C@H]3CCC[C@@]3(c3noc(CC(C)C)n3)C2)cc1. The van der Waals surface area contributed by atoms with Gasteiger partial charge < -0.3 is 14.2 Å². The van der Waals surface area contributed by atoms with Gasteiger partial charge in [0.25, 0.3) is 5.91 Å². The molecule has 1 aromatic carbocycles. The number of hydrogen-bond acceptors (Lipinski definition) is 6. The van der Waals surface area contributed by atoms with Crippen molar-refractivity contribution in [3.63, 3.8) is 0 Å². The fraction of sp³-hybridized carbons (Fsp3) is 0.500. The molecule has 0 radical (unpaired) electrons. The van der Waals surface area contributed by atoms with Crippen molar-refractivity contribution in [2.75, 3.05) is 20.2 Å². The molecule has 32 heavy (non-hydrogen) atoms. The van der Waals surface area contributed by atoms with Crippen molar-refractivity contribution in [2.24, 2.45) is 11.8 Å². The first-order valence-electron chi connectivity index (χ1n) is 11.3. The van der Waals surface area contributed by atoms with Crippen LogP contribution in [0.25, 0.3) is 11.3 Å². The summed E-state index contributed by atoms with van der Waals surface area (Å²) in [5.41, 5.74) is 2.00. The smallest absolute Gasteiger partial charge is 0.257 e. The maximum Gasteiger partial charge on any atom is 0.257 e. The number of fused-ring (bicyclic) bond motifs is 1. The summed E-state index contributed by atoms with van der Waals surface area (Å²) < 4.78 is 10.8. The summed E-state index contributed by atoms with van der Waals surface area (Å²) in [5.74, 6) is 3.04. The summed E-state index contributed by atoms with van der Waals surface area (Å²) in [6.07, 6.45) is 5.59. The molecular weight excluding hydrogens is 406 g/mol. The third kappa shape index (κ3) is 3.47. The van der Waals surface area contributed by atoms with E-state index in [4.69, 9.17) is 14.2 Å². The van der Waals surface area contributed by atoms with Crippen LogP contribution in [-0.4, -0.2) is 51.3 Å². The number of nitrogens with zero attached hydrogens (tertiary/aromatic N) is 4. The molecule has 3 heterocycles. The van der Waals surface area contributed by atoms with Crippen LogP contribution in [0.4, 0.5) is 0 Å². The van der Waals surface area contributed by atoms with E-state index in [0.29, 0.717) is 36.4 Å². The molecule has 1 amide bonds. The second-order valence-electron chi connectivity index (χ2n) is 9.43. The quantitative estimate of drug-likeness (QED) is 0.631. The number of ether oxygens (including phenoxy) is 1. The summed E-state index contributed by atoms with van der Waals surface area (Å²) in [4.78, 5) is 20.3. The van der Waals surface area contributed by atoms with E-state index < -0.39 is 0 Å². The largest absolute Gasteiger partial charge is 0.497 e. The van der Waals surface area contributed by atoms with Crippen LogP contribution >= 0.6 is 0 Å². The lowest BCUT2D eigenvalue weighted by molar-refractivity contribution is 0.0777. The molecule has 168 valence electrons. The van der Waals surface area contributed by atoms with Crippen LogP contribution in [0.1, 0.15) is 55.2 Å². The van der Waals surface area contributed by atoms with Gasteiger partial charge in [0.2, 0.25) is 5.89 Å². The Labute approximate surface area is 187 Å². The molecule has 0 spiro atoms. The van der Waals surface area contributed by atoms with E-state index in [9.17, 15) is 4.79 Å². The molecule has 2 fully saturated rings. The maximum atomic E-state index is 13.6. The first kappa shape index (κ1) is 20.7. The van der Waals surface area contributed by atoms with E-state index in [1.807, 2.05) is 29.2 Å². The molecular formula is C24H29N5O3. The van der Waals surface area contributed by atoms with E-state index >= 15 is 0 Å². The molecule has 1 N–H and O–H groups in total. The Morgan fingerprint density at radius 3 is 2.91 bits per heavy atom. The Bertz CT molecular complexity index is 1100. The van der Waals surface area contributed by atoms with Crippen LogP contribution in [0.5, 0.6) is 5.75 Å². The zero-order chi connectivity index (χ0) is 22.3. The summed E-state index contributed by atoms with van der Waals surface area (Å²) in [6.45, 7) is 5.61. The molecule has 2 aromatic heterocycles. The second kappa shape index (κ2) is 8.07. The van der Waals surface area contributed by atoms with E-state index in [1.54, 1.807) is 13.3 Å². The van der Waals surface area contributed by atoms with Crippen molar-refractivity contribution in [3.8, 4) is 17.0 Å². The highest BCUT2D eigenvalue weighted by Gasteiger charge is 2.54. The highest BCUT2D eigenvalue weighted by molar-refractivity contribution is 6.00. The molecule has 8 heteroatoms. The minimum Gasteiger partial charge on any atom is -0.497 e. The van der Waals surface area contributed by atoms with Crippen LogP contribution < -0.4 is 4.74 Å². The minimum absolute atomic E-state index is 0.00996. The number of amides is 1.